The summed E-state index contributed by atoms with van der Waals surface area (Å²) >= 11 is 0. The molecule has 0 fully saturated rings. The maximum Gasteiger partial charge on any atom is 1.00 e. The molecular weight excluding hydrogens is 426 g/mol. The maximum absolute atomic E-state index is 0. The molecule has 0 aromatic rings. The van der Waals surface area contributed by atoms with E-state index in [2.05, 4.69) is 0 Å². The average Bonchev–Trinajstić information content (AvgIpc) is 0. The van der Waals surface area contributed by atoms with E-state index < -0.39 is 0 Å². The first-order valence-electron chi connectivity index (χ1n) is 0. The van der Waals surface area contributed by atoms with Gasteiger partial charge in [-0.2, -0.15) is 0 Å². The third-order valence-electron chi connectivity index (χ3n) is 0. The van der Waals surface area contributed by atoms with Gasteiger partial charge in [0.1, 0.15) is 0 Å². The largest absolute Gasteiger partial charge is 1.00 e. The van der Waals surface area contributed by atoms with Crippen molar-refractivity contribution in [1.82, 2.24) is 0 Å². The maximum atomic E-state index is 0. The monoisotopic (exact) mass is 434 g/mol. The topological polar surface area (TPSA) is 123 Å². The fraction of sp³-hybridized carbons (Fsp3) is 0. The molecule has 0 aromatic carbocycles. The van der Waals surface area contributed by atoms with Crippen LogP contribution in [-0.2, 0) is 21.1 Å². The molecule has 0 atom stereocenters. The van der Waals surface area contributed by atoms with Gasteiger partial charge < -0.3 is 21.9 Å². The molecule has 0 spiro atoms. The Labute approximate surface area is 174 Å². The molecule has 0 bridgehead atoms. The molecule has 7 heteroatoms. The standard InChI is InChI=1S/2Cs.Mo.4H2O/h;;;4*1H2/q2*+1;;;;;/p-2. The van der Waals surface area contributed by atoms with Crippen molar-refractivity contribution < 1.29 is 181 Å². The van der Waals surface area contributed by atoms with Gasteiger partial charge >= 0.3 is 138 Å². The first-order chi connectivity index (χ1) is 0. The van der Waals surface area contributed by atoms with E-state index in [0.29, 0.717) is 0 Å². The van der Waals surface area contributed by atoms with Crippen LogP contribution in [0.15, 0.2) is 0 Å². The predicted molar refractivity (Wildman–Crippen MR) is 11.1 cm³/mol. The van der Waals surface area contributed by atoms with Crippen molar-refractivity contribution in [3.8, 4) is 0 Å². The SMILES string of the molecule is O.O.[Cs+].[Cs+].[Mo].[OH-].[OH-]. The Morgan fingerprint density at radius 1 is 0.571 bits per heavy atom. The molecule has 0 unspecified atom stereocenters. The van der Waals surface area contributed by atoms with E-state index in [1.807, 2.05) is 0 Å². The van der Waals surface area contributed by atoms with E-state index in [-0.39, 0.29) is 181 Å². The predicted octanol–water partition coefficient (Wildman–Crippen LogP) is -8.00. The van der Waals surface area contributed by atoms with Gasteiger partial charge in [-0.1, -0.05) is 0 Å². The van der Waals surface area contributed by atoms with Crippen LogP contribution in [0.4, 0.5) is 0 Å². The molecular formula is H6Cs2MoO4. The Kier molecular flexibility index (Phi) is 402. The smallest absolute Gasteiger partial charge is 0.870 e. The van der Waals surface area contributed by atoms with Gasteiger partial charge in [0.25, 0.3) is 0 Å². The summed E-state index contributed by atoms with van der Waals surface area (Å²) in [4.78, 5) is 0. The molecule has 6 N–H and O–H groups in total. The summed E-state index contributed by atoms with van der Waals surface area (Å²) in [6.45, 7) is 0. The van der Waals surface area contributed by atoms with Gasteiger partial charge in [-0.25, -0.2) is 0 Å². The van der Waals surface area contributed by atoms with Crippen molar-refractivity contribution in [2.45, 2.75) is 0 Å². The van der Waals surface area contributed by atoms with Crippen LogP contribution in [0.2, 0.25) is 0 Å². The summed E-state index contributed by atoms with van der Waals surface area (Å²) in [5.74, 6) is 0. The molecule has 7 heavy (non-hydrogen) atoms. The zero-order valence-electron chi connectivity index (χ0n) is 4.30. The van der Waals surface area contributed by atoms with Gasteiger partial charge in [-0.3, -0.25) is 0 Å². The minimum atomic E-state index is 0. The minimum absolute atomic E-state index is 0. The molecule has 0 rings (SSSR count). The van der Waals surface area contributed by atoms with Crippen molar-refractivity contribution >= 4 is 0 Å². The summed E-state index contributed by atoms with van der Waals surface area (Å²) in [5.41, 5.74) is 0. The summed E-state index contributed by atoms with van der Waals surface area (Å²) in [5, 5.41) is 0. The van der Waals surface area contributed by atoms with E-state index in [4.69, 9.17) is 0 Å². The van der Waals surface area contributed by atoms with E-state index in [1.165, 1.54) is 0 Å². The molecule has 4 nitrogen and oxygen atoms in total. The van der Waals surface area contributed by atoms with Gasteiger partial charge in [0, 0.05) is 21.1 Å². The van der Waals surface area contributed by atoms with Crippen LogP contribution in [-0.4, -0.2) is 21.9 Å². The Morgan fingerprint density at radius 3 is 0.571 bits per heavy atom. The Bertz CT molecular complexity index is 9.65. The second-order valence-corrected chi connectivity index (χ2v) is 0. The molecule has 0 saturated heterocycles. The first-order valence-corrected chi connectivity index (χ1v) is 0. The van der Waals surface area contributed by atoms with Crippen molar-refractivity contribution in [1.29, 1.82) is 0 Å². The molecule has 0 aliphatic heterocycles. The molecule has 0 amide bonds. The van der Waals surface area contributed by atoms with Crippen LogP contribution in [0.3, 0.4) is 0 Å². The van der Waals surface area contributed by atoms with Gasteiger partial charge in [-0.15, -0.1) is 0 Å². The van der Waals surface area contributed by atoms with E-state index in [0.717, 1.165) is 0 Å². The average molecular weight is 432 g/mol. The zero-order chi connectivity index (χ0) is 0. The molecule has 0 saturated carbocycles. The quantitative estimate of drug-likeness (QED) is 0.354. The van der Waals surface area contributed by atoms with Crippen molar-refractivity contribution in [2.24, 2.45) is 0 Å². The van der Waals surface area contributed by atoms with Crippen LogP contribution < -0.4 is 138 Å². The third-order valence-corrected chi connectivity index (χ3v) is 0. The summed E-state index contributed by atoms with van der Waals surface area (Å²) < 4.78 is 0. The zero-order valence-corrected chi connectivity index (χ0v) is 18.9. The van der Waals surface area contributed by atoms with Gasteiger partial charge in [0.05, 0.1) is 0 Å². The van der Waals surface area contributed by atoms with E-state index >= 15 is 0 Å². The van der Waals surface area contributed by atoms with Crippen LogP contribution in [0.5, 0.6) is 0 Å². The minimum Gasteiger partial charge on any atom is -0.870 e. The van der Waals surface area contributed by atoms with E-state index in [9.17, 15) is 0 Å². The van der Waals surface area contributed by atoms with Crippen LogP contribution in [0.25, 0.3) is 0 Å². The Balaban J connectivity index is 0. The van der Waals surface area contributed by atoms with Crippen LogP contribution >= 0.6 is 0 Å². The van der Waals surface area contributed by atoms with Gasteiger partial charge in [0.2, 0.25) is 0 Å². The number of hydrogen-bond donors (Lipinski definition) is 0. The van der Waals surface area contributed by atoms with Crippen molar-refractivity contribution in [3.05, 3.63) is 0 Å². The molecule has 0 heterocycles. The van der Waals surface area contributed by atoms with E-state index in [1.54, 1.807) is 0 Å². The first kappa shape index (κ1) is 61.3. The molecule has 0 aliphatic rings. The fourth-order valence-corrected chi connectivity index (χ4v) is 0. The van der Waals surface area contributed by atoms with Gasteiger partial charge in [0.15, 0.2) is 0 Å². The molecule has 0 aliphatic carbocycles. The summed E-state index contributed by atoms with van der Waals surface area (Å²) in [6.07, 6.45) is 0. The normalized spacial score (nSPS) is 0. The number of hydrogen-bond acceptors (Lipinski definition) is 2. The van der Waals surface area contributed by atoms with Crippen LogP contribution in [0.1, 0.15) is 0 Å². The Hall–Kier alpha value is 4.63. The third kappa shape index (κ3) is 36.9. The fourth-order valence-electron chi connectivity index (χ4n) is 0. The molecule has 0 radical (unpaired) electrons. The number of rotatable bonds is 0. The molecule has 38 valence electrons. The van der Waals surface area contributed by atoms with Crippen LogP contribution in [0, 0.1) is 0 Å². The summed E-state index contributed by atoms with van der Waals surface area (Å²) in [6, 6.07) is 0. The second-order valence-electron chi connectivity index (χ2n) is 0. The van der Waals surface area contributed by atoms with Crippen molar-refractivity contribution in [2.75, 3.05) is 0 Å². The summed E-state index contributed by atoms with van der Waals surface area (Å²) in [7, 11) is 0. The second kappa shape index (κ2) is 46.0. The van der Waals surface area contributed by atoms with Crippen molar-refractivity contribution in [3.63, 3.8) is 0 Å². The van der Waals surface area contributed by atoms with Gasteiger partial charge in [-0.05, 0) is 0 Å². The Morgan fingerprint density at radius 2 is 0.571 bits per heavy atom. The molecule has 0 aromatic heterocycles.